The van der Waals surface area contributed by atoms with Crippen molar-refractivity contribution in [3.63, 3.8) is 0 Å². The molecule has 41 heavy (non-hydrogen) atoms. The Balaban J connectivity index is 1.55. The number of halogens is 4. The zero-order valence-electron chi connectivity index (χ0n) is 23.9. The van der Waals surface area contributed by atoms with Gasteiger partial charge in [-0.1, -0.05) is 11.6 Å². The number of carbonyl (C=O) groups is 1. The number of nitrogens with one attached hydrogen (secondary N) is 1. The maximum Gasteiger partial charge on any atom is 0.280 e. The van der Waals surface area contributed by atoms with Crippen LogP contribution in [0.3, 0.4) is 0 Å². The number of pyridine rings is 2. The van der Waals surface area contributed by atoms with Crippen LogP contribution >= 0.6 is 11.6 Å². The zero-order valence-corrected chi connectivity index (χ0v) is 22.6. The zero-order chi connectivity index (χ0) is 31.3. The van der Waals surface area contributed by atoms with E-state index in [4.69, 9.17) is 28.6 Å². The number of allylic oxidation sites excluding steroid dienone is 1. The minimum Gasteiger partial charge on any atom is -0.485 e. The largest absolute Gasteiger partial charge is 0.485 e. The maximum absolute atomic E-state index is 14.9. The number of hydrogen-bond acceptors (Lipinski definition) is 8. The summed E-state index contributed by atoms with van der Waals surface area (Å²) >= 11 is 6.33. The van der Waals surface area contributed by atoms with E-state index in [9.17, 15) is 22.8 Å². The predicted molar refractivity (Wildman–Crippen MR) is 140 cm³/mol. The summed E-state index contributed by atoms with van der Waals surface area (Å²) in [6.45, 7) is 1.57. The summed E-state index contributed by atoms with van der Waals surface area (Å²) < 4.78 is 77.9. The van der Waals surface area contributed by atoms with E-state index in [1.807, 2.05) is 0 Å². The first-order chi connectivity index (χ1) is 20.2. The van der Waals surface area contributed by atoms with Gasteiger partial charge in [-0.15, -0.1) is 0 Å². The molecule has 3 aromatic heterocycles. The van der Waals surface area contributed by atoms with Crippen molar-refractivity contribution in [3.05, 3.63) is 74.8 Å². The number of fused-ring (bicyclic) bond motifs is 3. The van der Waals surface area contributed by atoms with Gasteiger partial charge in [-0.05, 0) is 13.8 Å². The van der Waals surface area contributed by atoms with Crippen molar-refractivity contribution in [2.45, 2.75) is 39.0 Å². The molecule has 0 radical (unpaired) electrons. The van der Waals surface area contributed by atoms with Crippen LogP contribution in [-0.4, -0.2) is 56.9 Å². The van der Waals surface area contributed by atoms with Gasteiger partial charge in [0.1, 0.15) is 47.2 Å². The number of aromatic nitrogens is 4. The Hall–Kier alpha value is -4.17. The SMILES string of the molecule is [2H]C([2H])(Oc1cc2n(c(=O)c1Cl)C1=CC(n3cc(F)c(C(C)(C)NC(C)=O)n3)=NC[C@@H]1OCCO2)c1ncc(F)cc1F. The van der Waals surface area contributed by atoms with Gasteiger partial charge in [0.05, 0.1) is 39.5 Å². The summed E-state index contributed by atoms with van der Waals surface area (Å²) in [6.07, 6.45) is 2.35. The van der Waals surface area contributed by atoms with Crippen molar-refractivity contribution in [2.75, 3.05) is 19.8 Å². The lowest BCUT2D eigenvalue weighted by Gasteiger charge is -2.29. The molecule has 15 heteroatoms. The lowest BCUT2D eigenvalue weighted by Crippen LogP contribution is -2.41. The van der Waals surface area contributed by atoms with Crippen molar-refractivity contribution in [1.82, 2.24) is 24.6 Å². The Bertz CT molecular complexity index is 1740. The van der Waals surface area contributed by atoms with Gasteiger partial charge in [0.2, 0.25) is 11.8 Å². The van der Waals surface area contributed by atoms with E-state index in [2.05, 4.69) is 20.4 Å². The first-order valence-corrected chi connectivity index (χ1v) is 12.6. The van der Waals surface area contributed by atoms with Gasteiger partial charge in [-0.25, -0.2) is 22.4 Å². The second kappa shape index (κ2) is 11.0. The smallest absolute Gasteiger partial charge is 0.280 e. The van der Waals surface area contributed by atoms with E-state index in [-0.39, 0.29) is 48.8 Å². The highest BCUT2D eigenvalue weighted by Crippen LogP contribution is 2.32. The Kier molecular flexibility index (Phi) is 6.92. The van der Waals surface area contributed by atoms with Crippen molar-refractivity contribution in [1.29, 1.82) is 0 Å². The molecule has 2 aliphatic heterocycles. The quantitative estimate of drug-likeness (QED) is 0.482. The number of ether oxygens (including phenoxy) is 3. The third kappa shape index (κ3) is 5.70. The third-order valence-corrected chi connectivity index (χ3v) is 6.42. The Morgan fingerprint density at radius 2 is 2.07 bits per heavy atom. The number of rotatable bonds is 5. The molecule has 0 fully saturated rings. The van der Waals surface area contributed by atoms with Crippen LogP contribution in [0.15, 0.2) is 40.4 Å². The summed E-state index contributed by atoms with van der Waals surface area (Å²) in [4.78, 5) is 33.0. The molecule has 1 amide bonds. The average Bonchev–Trinajstić information content (AvgIpc) is 3.30. The van der Waals surface area contributed by atoms with Crippen molar-refractivity contribution >= 4 is 29.0 Å². The van der Waals surface area contributed by atoms with Crippen LogP contribution in [0.1, 0.15) is 34.9 Å². The van der Waals surface area contributed by atoms with Gasteiger partial charge >= 0.3 is 0 Å². The number of amides is 1. The summed E-state index contributed by atoms with van der Waals surface area (Å²) in [5, 5.41) is 6.31. The molecular formula is C26H24ClF3N6O5. The van der Waals surface area contributed by atoms with E-state index in [0.29, 0.717) is 12.3 Å². The van der Waals surface area contributed by atoms with E-state index < -0.39 is 57.7 Å². The maximum atomic E-state index is 14.9. The van der Waals surface area contributed by atoms with Crippen LogP contribution in [-0.2, 0) is 21.6 Å². The van der Waals surface area contributed by atoms with Gasteiger partial charge in [0, 0.05) is 25.1 Å². The monoisotopic (exact) mass is 594 g/mol. The fourth-order valence-electron chi connectivity index (χ4n) is 4.32. The molecule has 3 aromatic rings. The highest BCUT2D eigenvalue weighted by Gasteiger charge is 2.32. The van der Waals surface area contributed by atoms with Crippen molar-refractivity contribution in [3.8, 4) is 11.6 Å². The lowest BCUT2D eigenvalue weighted by atomic mass is 10.0. The molecule has 0 saturated heterocycles. The fraction of sp³-hybridized carbons (Fsp3) is 0.346. The molecule has 0 unspecified atom stereocenters. The molecule has 0 aliphatic carbocycles. The van der Waals surface area contributed by atoms with E-state index in [1.54, 1.807) is 13.8 Å². The summed E-state index contributed by atoms with van der Waals surface area (Å²) in [7, 11) is 0. The summed E-state index contributed by atoms with van der Waals surface area (Å²) in [6, 6.07) is 1.58. The Labute approximate surface area is 239 Å². The van der Waals surface area contributed by atoms with Gasteiger partial charge in [0.15, 0.2) is 17.5 Å². The van der Waals surface area contributed by atoms with Gasteiger partial charge in [-0.2, -0.15) is 5.10 Å². The number of hydrogen-bond donors (Lipinski definition) is 1. The van der Waals surface area contributed by atoms with Crippen LogP contribution in [0.2, 0.25) is 5.02 Å². The van der Waals surface area contributed by atoms with Crippen LogP contribution in [0.5, 0.6) is 11.6 Å². The highest BCUT2D eigenvalue weighted by atomic mass is 35.5. The Morgan fingerprint density at radius 1 is 1.29 bits per heavy atom. The highest BCUT2D eigenvalue weighted by molar-refractivity contribution is 6.31. The molecule has 1 N–H and O–H groups in total. The average molecular weight is 595 g/mol. The summed E-state index contributed by atoms with van der Waals surface area (Å²) in [5.41, 5.74) is -2.76. The second-order valence-corrected chi connectivity index (χ2v) is 9.92. The van der Waals surface area contributed by atoms with Gasteiger partial charge in [0.25, 0.3) is 5.56 Å². The van der Waals surface area contributed by atoms with Gasteiger partial charge in [-0.3, -0.25) is 19.6 Å². The number of carbonyl (C=O) groups excluding carboxylic acids is 1. The molecule has 1 atom stereocenters. The fourth-order valence-corrected chi connectivity index (χ4v) is 4.49. The molecule has 0 saturated carbocycles. The Morgan fingerprint density at radius 3 is 2.80 bits per heavy atom. The van der Waals surface area contributed by atoms with Gasteiger partial charge < -0.3 is 19.5 Å². The minimum absolute atomic E-state index is 0.00683. The molecule has 0 bridgehead atoms. The normalized spacial score (nSPS) is 17.9. The molecule has 0 spiro atoms. The lowest BCUT2D eigenvalue weighted by molar-refractivity contribution is -0.120. The molecule has 5 heterocycles. The summed E-state index contributed by atoms with van der Waals surface area (Å²) in [5.74, 6) is -3.89. The predicted octanol–water partition coefficient (Wildman–Crippen LogP) is 3.04. The first-order valence-electron chi connectivity index (χ1n) is 13.2. The molecular weight excluding hydrogens is 569 g/mol. The molecule has 5 rings (SSSR count). The van der Waals surface area contributed by atoms with Crippen LogP contribution < -0.4 is 20.3 Å². The molecule has 0 aromatic carbocycles. The molecule has 216 valence electrons. The number of aliphatic imine (C=N–C) groups is 1. The molecule has 2 aliphatic rings. The van der Waals surface area contributed by atoms with E-state index in [1.165, 1.54) is 13.0 Å². The van der Waals surface area contributed by atoms with E-state index in [0.717, 1.165) is 21.5 Å². The first kappa shape index (κ1) is 25.8. The minimum atomic E-state index is -2.96. The standard InChI is InChI=1S/C26H24ClF3N6O5/c1-13(37)33-26(2,3)24-16(30)11-35(34-24)21-7-18-20(10-32-21)39-4-5-40-22-8-19(23(27)25(38)36(18)22)41-12-17-15(29)6-14(28)9-31-17/h6-9,11,20H,4-5,10,12H2,1-3H3,(H,33,37)/t20-/m0/s1/i12D2. The van der Waals surface area contributed by atoms with E-state index >= 15 is 0 Å². The molecule has 11 nitrogen and oxygen atoms in total. The van der Waals surface area contributed by atoms with Crippen LogP contribution in [0.4, 0.5) is 13.2 Å². The van der Waals surface area contributed by atoms with Crippen LogP contribution in [0, 0.1) is 17.5 Å². The third-order valence-electron chi connectivity index (χ3n) is 6.07. The van der Waals surface area contributed by atoms with Crippen LogP contribution in [0.25, 0.3) is 5.70 Å². The van der Waals surface area contributed by atoms with Crippen molar-refractivity contribution < 1.29 is 34.9 Å². The second-order valence-electron chi connectivity index (χ2n) is 9.54. The number of nitrogens with zero attached hydrogens (tertiary/aromatic N) is 5. The van der Waals surface area contributed by atoms with Crippen molar-refractivity contribution in [2.24, 2.45) is 4.99 Å². The number of dihydropyridines is 1. The topological polar surface area (TPSA) is 122 Å².